The molecular formula is C17H13F2N3O2. The van der Waals surface area contributed by atoms with Gasteiger partial charge in [0.1, 0.15) is 11.6 Å². The van der Waals surface area contributed by atoms with Crippen molar-refractivity contribution >= 4 is 5.91 Å². The van der Waals surface area contributed by atoms with Crippen LogP contribution in [-0.2, 0) is 6.42 Å². The lowest BCUT2D eigenvalue weighted by Gasteiger charge is -2.03. The summed E-state index contributed by atoms with van der Waals surface area (Å²) < 4.78 is 31.6. The number of carbonyl (C=O) groups excluding carboxylic acids is 1. The minimum absolute atomic E-state index is 0.120. The number of amides is 1. The first kappa shape index (κ1) is 15.8. The standard InChI is InChI=1S/C17H13F2N3O2/c18-13-7-5-12(6-8-13)16-21-22-17(24-16)15(23)20-10-9-11-3-1-2-4-14(11)19/h1-8H,9-10H2,(H,20,23). The van der Waals surface area contributed by atoms with Gasteiger partial charge in [0.05, 0.1) is 0 Å². The van der Waals surface area contributed by atoms with Crippen molar-refractivity contribution in [3.8, 4) is 11.5 Å². The van der Waals surface area contributed by atoms with Crippen molar-refractivity contribution in [3.05, 3.63) is 71.6 Å². The Labute approximate surface area is 136 Å². The number of rotatable bonds is 5. The van der Waals surface area contributed by atoms with Gasteiger partial charge in [0.25, 0.3) is 0 Å². The molecule has 0 aliphatic carbocycles. The molecule has 2 aromatic carbocycles. The Kier molecular flexibility index (Phi) is 4.60. The van der Waals surface area contributed by atoms with E-state index in [4.69, 9.17) is 4.42 Å². The second kappa shape index (κ2) is 6.99. The highest BCUT2D eigenvalue weighted by Gasteiger charge is 2.15. The summed E-state index contributed by atoms with van der Waals surface area (Å²) in [7, 11) is 0. The minimum atomic E-state index is -0.549. The summed E-state index contributed by atoms with van der Waals surface area (Å²) in [5, 5.41) is 10.0. The van der Waals surface area contributed by atoms with Gasteiger partial charge in [-0.2, -0.15) is 0 Å². The summed E-state index contributed by atoms with van der Waals surface area (Å²) in [6.45, 7) is 0.230. The number of nitrogens with zero attached hydrogens (tertiary/aromatic N) is 2. The SMILES string of the molecule is O=C(NCCc1ccccc1F)c1nnc(-c2ccc(F)cc2)o1. The molecule has 0 fully saturated rings. The molecule has 1 aromatic heterocycles. The third kappa shape index (κ3) is 3.62. The van der Waals surface area contributed by atoms with Gasteiger partial charge in [-0.1, -0.05) is 18.2 Å². The summed E-state index contributed by atoms with van der Waals surface area (Å²) >= 11 is 0. The minimum Gasteiger partial charge on any atom is -0.412 e. The Balaban J connectivity index is 1.60. The lowest BCUT2D eigenvalue weighted by Crippen LogP contribution is -2.26. The molecule has 0 unspecified atom stereocenters. The van der Waals surface area contributed by atoms with Crippen molar-refractivity contribution in [2.45, 2.75) is 6.42 Å². The number of hydrogen-bond acceptors (Lipinski definition) is 4. The fourth-order valence-corrected chi connectivity index (χ4v) is 2.11. The van der Waals surface area contributed by atoms with E-state index in [2.05, 4.69) is 15.5 Å². The predicted octanol–water partition coefficient (Wildman–Crippen LogP) is 2.99. The quantitative estimate of drug-likeness (QED) is 0.781. The molecule has 0 spiro atoms. The third-order valence-electron chi connectivity index (χ3n) is 3.35. The van der Waals surface area contributed by atoms with Gasteiger partial charge in [-0.15, -0.1) is 10.2 Å². The molecule has 3 rings (SSSR count). The second-order valence-corrected chi connectivity index (χ2v) is 5.02. The molecule has 0 saturated heterocycles. The largest absolute Gasteiger partial charge is 0.412 e. The third-order valence-corrected chi connectivity index (χ3v) is 3.35. The van der Waals surface area contributed by atoms with Crippen molar-refractivity contribution in [2.75, 3.05) is 6.54 Å². The molecule has 24 heavy (non-hydrogen) atoms. The van der Waals surface area contributed by atoms with Gasteiger partial charge in [-0.25, -0.2) is 8.78 Å². The summed E-state index contributed by atoms with van der Waals surface area (Å²) in [5.41, 5.74) is 1.02. The maximum Gasteiger partial charge on any atom is 0.308 e. The molecule has 0 bridgehead atoms. The maximum atomic E-state index is 13.5. The molecule has 0 saturated carbocycles. The molecule has 1 amide bonds. The molecule has 0 radical (unpaired) electrons. The van der Waals surface area contributed by atoms with Gasteiger partial charge >= 0.3 is 11.8 Å². The molecular weight excluding hydrogens is 316 g/mol. The van der Waals surface area contributed by atoms with Gasteiger partial charge in [-0.05, 0) is 42.3 Å². The number of halogens is 2. The molecule has 1 heterocycles. The van der Waals surface area contributed by atoms with Crippen molar-refractivity contribution in [3.63, 3.8) is 0 Å². The molecule has 0 atom stereocenters. The lowest BCUT2D eigenvalue weighted by molar-refractivity contribution is 0.0920. The van der Waals surface area contributed by atoms with Crippen LogP contribution in [-0.4, -0.2) is 22.6 Å². The van der Waals surface area contributed by atoms with Crippen LogP contribution < -0.4 is 5.32 Å². The van der Waals surface area contributed by atoms with Gasteiger partial charge in [0, 0.05) is 12.1 Å². The van der Waals surface area contributed by atoms with E-state index in [9.17, 15) is 13.6 Å². The Morgan fingerprint density at radius 3 is 2.54 bits per heavy atom. The number of aromatic nitrogens is 2. The van der Waals surface area contributed by atoms with Crippen LogP contribution in [0.5, 0.6) is 0 Å². The van der Waals surface area contributed by atoms with E-state index in [-0.39, 0.29) is 30.0 Å². The Hall–Kier alpha value is -3.09. The van der Waals surface area contributed by atoms with Crippen LogP contribution in [0.4, 0.5) is 8.78 Å². The monoisotopic (exact) mass is 329 g/mol. The average molecular weight is 329 g/mol. The van der Waals surface area contributed by atoms with Crippen LogP contribution in [0.15, 0.2) is 52.9 Å². The van der Waals surface area contributed by atoms with Crippen molar-refractivity contribution in [1.29, 1.82) is 0 Å². The molecule has 3 aromatic rings. The van der Waals surface area contributed by atoms with Gasteiger partial charge < -0.3 is 9.73 Å². The van der Waals surface area contributed by atoms with Crippen LogP contribution in [0.2, 0.25) is 0 Å². The zero-order valence-electron chi connectivity index (χ0n) is 12.5. The fourth-order valence-electron chi connectivity index (χ4n) is 2.11. The van der Waals surface area contributed by atoms with Crippen molar-refractivity contribution in [2.24, 2.45) is 0 Å². The Morgan fingerprint density at radius 1 is 1.04 bits per heavy atom. The normalized spacial score (nSPS) is 10.6. The molecule has 5 nitrogen and oxygen atoms in total. The number of nitrogens with one attached hydrogen (secondary N) is 1. The van der Waals surface area contributed by atoms with Crippen molar-refractivity contribution in [1.82, 2.24) is 15.5 Å². The van der Waals surface area contributed by atoms with E-state index >= 15 is 0 Å². The van der Waals surface area contributed by atoms with E-state index < -0.39 is 5.91 Å². The Morgan fingerprint density at radius 2 is 1.79 bits per heavy atom. The van der Waals surface area contributed by atoms with Crippen LogP contribution in [0.3, 0.4) is 0 Å². The lowest BCUT2D eigenvalue weighted by atomic mass is 10.1. The fraction of sp³-hybridized carbons (Fsp3) is 0.118. The smallest absolute Gasteiger partial charge is 0.308 e. The molecule has 1 N–H and O–H groups in total. The topological polar surface area (TPSA) is 68.0 Å². The van der Waals surface area contributed by atoms with E-state index in [1.807, 2.05) is 0 Å². The number of carbonyl (C=O) groups is 1. The predicted molar refractivity (Wildman–Crippen MR) is 82.1 cm³/mol. The highest BCUT2D eigenvalue weighted by Crippen LogP contribution is 2.17. The summed E-state index contributed by atoms with van der Waals surface area (Å²) in [5.74, 6) is -1.34. The van der Waals surface area contributed by atoms with Crippen molar-refractivity contribution < 1.29 is 18.0 Å². The second-order valence-electron chi connectivity index (χ2n) is 5.02. The first-order chi connectivity index (χ1) is 11.6. The number of benzene rings is 2. The summed E-state index contributed by atoms with van der Waals surface area (Å²) in [4.78, 5) is 12.0. The van der Waals surface area contributed by atoms with Gasteiger partial charge in [0.15, 0.2) is 0 Å². The number of hydrogen-bond donors (Lipinski definition) is 1. The van der Waals surface area contributed by atoms with Crippen LogP contribution in [0.25, 0.3) is 11.5 Å². The van der Waals surface area contributed by atoms with Crippen LogP contribution in [0, 0.1) is 11.6 Å². The summed E-state index contributed by atoms with van der Waals surface area (Å²) in [6, 6.07) is 11.8. The Bertz CT molecular complexity index is 847. The highest BCUT2D eigenvalue weighted by atomic mass is 19.1. The first-order valence-corrected chi connectivity index (χ1v) is 7.24. The molecule has 0 aliphatic heterocycles. The zero-order chi connectivity index (χ0) is 16.9. The molecule has 0 aliphatic rings. The first-order valence-electron chi connectivity index (χ1n) is 7.24. The maximum absolute atomic E-state index is 13.5. The molecule has 122 valence electrons. The average Bonchev–Trinajstić information content (AvgIpc) is 3.07. The zero-order valence-corrected chi connectivity index (χ0v) is 12.5. The van der Waals surface area contributed by atoms with Crippen LogP contribution >= 0.6 is 0 Å². The highest BCUT2D eigenvalue weighted by molar-refractivity contribution is 5.89. The molecule has 7 heteroatoms. The van der Waals surface area contributed by atoms with E-state index in [1.165, 1.54) is 30.3 Å². The van der Waals surface area contributed by atoms with Gasteiger partial charge in [-0.3, -0.25) is 4.79 Å². The van der Waals surface area contributed by atoms with E-state index in [0.717, 1.165) is 0 Å². The van der Waals surface area contributed by atoms with Gasteiger partial charge in [0.2, 0.25) is 5.89 Å². The van der Waals surface area contributed by atoms with E-state index in [1.54, 1.807) is 18.2 Å². The summed E-state index contributed by atoms with van der Waals surface area (Å²) in [6.07, 6.45) is 0.345. The van der Waals surface area contributed by atoms with Crippen LogP contribution in [0.1, 0.15) is 16.2 Å². The van der Waals surface area contributed by atoms with E-state index in [0.29, 0.717) is 17.5 Å².